The lowest BCUT2D eigenvalue weighted by molar-refractivity contribution is -0.123. The summed E-state index contributed by atoms with van der Waals surface area (Å²) in [4.78, 5) is 24.3. The average Bonchev–Trinajstić information content (AvgIpc) is 2.55. The Morgan fingerprint density at radius 2 is 2.00 bits per heavy atom. The van der Waals surface area contributed by atoms with Crippen molar-refractivity contribution in [2.45, 2.75) is 66.0 Å². The normalized spacial score (nSPS) is 15.4. The Labute approximate surface area is 158 Å². The summed E-state index contributed by atoms with van der Waals surface area (Å²) < 4.78 is 17.6. The van der Waals surface area contributed by atoms with E-state index in [2.05, 4.69) is 5.32 Å². The number of ether oxygens (including phenoxy) is 2. The highest BCUT2D eigenvalue weighted by Gasteiger charge is 2.31. The largest absolute Gasteiger partial charge is 0.487 e. The van der Waals surface area contributed by atoms with E-state index in [0.29, 0.717) is 22.6 Å². The van der Waals surface area contributed by atoms with Gasteiger partial charge in [0.2, 0.25) is 0 Å². The summed E-state index contributed by atoms with van der Waals surface area (Å²) in [5.74, 6) is 0.929. The van der Waals surface area contributed by atoms with Crippen molar-refractivity contribution in [2.24, 2.45) is 0 Å². The highest BCUT2D eigenvalue weighted by Crippen LogP contribution is 2.43. The summed E-state index contributed by atoms with van der Waals surface area (Å²) >= 11 is 0. The predicted molar refractivity (Wildman–Crippen MR) is 104 cm³/mol. The molecule has 1 aromatic carbocycles. The van der Waals surface area contributed by atoms with Gasteiger partial charge in [-0.2, -0.15) is 0 Å². The average molecular weight is 373 g/mol. The highest BCUT2D eigenvalue weighted by molar-refractivity contribution is 5.92. The lowest BCUT2D eigenvalue weighted by atomic mass is 9.92. The standard InChI is InChI=1S/C21H27NO5/c1-11(2)22-17(23)10-25-16-9-15-14(7-8-21(5,6)27-15)19-18(16)12(3)13(4)20(24)26-19/h9,11H,7-8,10H2,1-6H3,(H,22,23). The molecule has 3 rings (SSSR count). The molecule has 2 heterocycles. The fourth-order valence-electron chi connectivity index (χ4n) is 3.35. The molecule has 0 aliphatic carbocycles. The summed E-state index contributed by atoms with van der Waals surface area (Å²) in [6.07, 6.45) is 1.57. The smallest absolute Gasteiger partial charge is 0.339 e. The van der Waals surface area contributed by atoms with Gasteiger partial charge >= 0.3 is 5.63 Å². The maximum atomic E-state index is 12.3. The van der Waals surface area contributed by atoms with Crippen LogP contribution in [0.1, 0.15) is 50.8 Å². The SMILES string of the molecule is Cc1c(C)c2c(OCC(=O)NC(C)C)cc3c(c2oc1=O)CCC(C)(C)O3. The quantitative estimate of drug-likeness (QED) is 0.831. The number of hydrogen-bond donors (Lipinski definition) is 1. The molecule has 1 aromatic heterocycles. The second kappa shape index (κ2) is 6.91. The van der Waals surface area contributed by atoms with E-state index in [4.69, 9.17) is 13.9 Å². The molecule has 1 amide bonds. The molecule has 27 heavy (non-hydrogen) atoms. The van der Waals surface area contributed by atoms with Crippen molar-refractivity contribution in [1.29, 1.82) is 0 Å². The third kappa shape index (κ3) is 3.80. The zero-order valence-electron chi connectivity index (χ0n) is 16.8. The van der Waals surface area contributed by atoms with Crippen molar-refractivity contribution >= 4 is 16.9 Å². The van der Waals surface area contributed by atoms with E-state index in [0.717, 1.165) is 29.4 Å². The molecule has 1 N–H and O–H groups in total. The van der Waals surface area contributed by atoms with E-state index in [1.54, 1.807) is 6.92 Å². The van der Waals surface area contributed by atoms with E-state index in [1.807, 2.05) is 40.7 Å². The summed E-state index contributed by atoms with van der Waals surface area (Å²) in [7, 11) is 0. The van der Waals surface area contributed by atoms with E-state index in [-0.39, 0.29) is 29.8 Å². The van der Waals surface area contributed by atoms with Gasteiger partial charge in [-0.05, 0) is 59.9 Å². The highest BCUT2D eigenvalue weighted by atomic mass is 16.5. The molecule has 0 atom stereocenters. The minimum atomic E-state index is -0.360. The van der Waals surface area contributed by atoms with E-state index >= 15 is 0 Å². The predicted octanol–water partition coefficient (Wildman–Crippen LogP) is 3.42. The van der Waals surface area contributed by atoms with Gasteiger partial charge in [0.15, 0.2) is 6.61 Å². The third-order valence-corrected chi connectivity index (χ3v) is 4.92. The topological polar surface area (TPSA) is 77.8 Å². The lowest BCUT2D eigenvalue weighted by Gasteiger charge is -2.33. The number of hydrogen-bond acceptors (Lipinski definition) is 5. The molecule has 6 nitrogen and oxygen atoms in total. The second-order valence-corrected chi connectivity index (χ2v) is 8.07. The monoisotopic (exact) mass is 373 g/mol. The van der Waals surface area contributed by atoms with Crippen LogP contribution in [0.15, 0.2) is 15.3 Å². The van der Waals surface area contributed by atoms with Crippen molar-refractivity contribution < 1.29 is 18.7 Å². The van der Waals surface area contributed by atoms with Crippen LogP contribution in [-0.4, -0.2) is 24.2 Å². The zero-order valence-corrected chi connectivity index (χ0v) is 16.8. The van der Waals surface area contributed by atoms with E-state index in [9.17, 15) is 9.59 Å². The summed E-state index contributed by atoms with van der Waals surface area (Å²) in [5, 5.41) is 3.53. The Hall–Kier alpha value is -2.50. The maximum Gasteiger partial charge on any atom is 0.339 e. The molecule has 1 aliphatic rings. The number of rotatable bonds is 4. The molecule has 0 saturated heterocycles. The molecular formula is C21H27NO5. The molecule has 0 spiro atoms. The molecule has 0 radical (unpaired) electrons. The van der Waals surface area contributed by atoms with Crippen molar-refractivity contribution in [1.82, 2.24) is 5.32 Å². The lowest BCUT2D eigenvalue weighted by Crippen LogP contribution is -2.34. The number of nitrogens with one attached hydrogen (secondary N) is 1. The number of fused-ring (bicyclic) bond motifs is 3. The van der Waals surface area contributed by atoms with Gasteiger partial charge in [0, 0.05) is 23.2 Å². The Morgan fingerprint density at radius 1 is 1.30 bits per heavy atom. The van der Waals surface area contributed by atoms with E-state index < -0.39 is 0 Å². The molecule has 6 heteroatoms. The van der Waals surface area contributed by atoms with Gasteiger partial charge in [-0.15, -0.1) is 0 Å². The minimum Gasteiger partial charge on any atom is -0.487 e. The molecule has 0 bridgehead atoms. The first-order chi connectivity index (χ1) is 12.6. The molecule has 0 saturated carbocycles. The first kappa shape index (κ1) is 19.3. The van der Waals surface area contributed by atoms with Crippen molar-refractivity contribution in [3.63, 3.8) is 0 Å². The van der Waals surface area contributed by atoms with Gasteiger partial charge in [0.05, 0.1) is 5.39 Å². The maximum absolute atomic E-state index is 12.3. The Bertz CT molecular complexity index is 955. The molecule has 1 aliphatic heterocycles. The van der Waals surface area contributed by atoms with Crippen LogP contribution in [0.2, 0.25) is 0 Å². The molecular weight excluding hydrogens is 346 g/mol. The van der Waals surface area contributed by atoms with Crippen LogP contribution < -0.4 is 20.4 Å². The van der Waals surface area contributed by atoms with Crippen LogP contribution in [0.5, 0.6) is 11.5 Å². The molecule has 0 fully saturated rings. The van der Waals surface area contributed by atoms with Crippen molar-refractivity contribution in [3.8, 4) is 11.5 Å². The molecule has 2 aromatic rings. The van der Waals surface area contributed by atoms with Crippen LogP contribution in [0.25, 0.3) is 11.0 Å². The Kier molecular flexibility index (Phi) is 4.93. The van der Waals surface area contributed by atoms with Crippen LogP contribution in [0, 0.1) is 13.8 Å². The summed E-state index contributed by atoms with van der Waals surface area (Å²) in [5.41, 5.74) is 2.04. The van der Waals surface area contributed by atoms with Gasteiger partial charge in [-0.3, -0.25) is 4.79 Å². The first-order valence-electron chi connectivity index (χ1n) is 9.30. The van der Waals surface area contributed by atoms with Gasteiger partial charge in [-0.25, -0.2) is 4.79 Å². The van der Waals surface area contributed by atoms with Gasteiger partial charge < -0.3 is 19.2 Å². The number of benzene rings is 1. The number of aryl methyl sites for hydroxylation is 2. The van der Waals surface area contributed by atoms with Crippen LogP contribution in [0.4, 0.5) is 0 Å². The first-order valence-corrected chi connectivity index (χ1v) is 9.30. The Morgan fingerprint density at radius 3 is 2.67 bits per heavy atom. The second-order valence-electron chi connectivity index (χ2n) is 8.07. The van der Waals surface area contributed by atoms with Gasteiger partial charge in [0.1, 0.15) is 22.7 Å². The van der Waals surface area contributed by atoms with Crippen LogP contribution >= 0.6 is 0 Å². The van der Waals surface area contributed by atoms with Gasteiger partial charge in [0.25, 0.3) is 5.91 Å². The van der Waals surface area contributed by atoms with E-state index in [1.165, 1.54) is 0 Å². The fourth-order valence-corrected chi connectivity index (χ4v) is 3.35. The van der Waals surface area contributed by atoms with Crippen LogP contribution in [-0.2, 0) is 11.2 Å². The summed E-state index contributed by atoms with van der Waals surface area (Å²) in [6.45, 7) is 11.3. The minimum absolute atomic E-state index is 0.0347. The van der Waals surface area contributed by atoms with Crippen molar-refractivity contribution in [3.05, 3.63) is 33.2 Å². The van der Waals surface area contributed by atoms with Crippen molar-refractivity contribution in [2.75, 3.05) is 6.61 Å². The molecule has 0 unspecified atom stereocenters. The zero-order chi connectivity index (χ0) is 19.9. The van der Waals surface area contributed by atoms with Gasteiger partial charge in [-0.1, -0.05) is 0 Å². The number of carbonyl (C=O) groups is 1. The third-order valence-electron chi connectivity index (χ3n) is 4.92. The Balaban J connectivity index is 2.12. The fraction of sp³-hybridized carbons (Fsp3) is 0.524. The van der Waals surface area contributed by atoms with Crippen LogP contribution in [0.3, 0.4) is 0 Å². The number of carbonyl (C=O) groups excluding carboxylic acids is 1. The number of amides is 1. The molecule has 146 valence electrons. The summed E-state index contributed by atoms with van der Waals surface area (Å²) in [6, 6.07) is 1.85.